The van der Waals surface area contributed by atoms with Crippen molar-refractivity contribution in [2.45, 2.75) is 129 Å². The van der Waals surface area contributed by atoms with E-state index in [9.17, 15) is 24.0 Å². The minimum atomic E-state index is -0.907. The third kappa shape index (κ3) is 14.5. The molecule has 0 aliphatic carbocycles. The van der Waals surface area contributed by atoms with E-state index in [4.69, 9.17) is 9.47 Å². The summed E-state index contributed by atoms with van der Waals surface area (Å²) in [6.07, 6.45) is 2.28. The van der Waals surface area contributed by atoms with Crippen molar-refractivity contribution < 1.29 is 33.4 Å². The second-order valence-electron chi connectivity index (χ2n) is 16.5. The Labute approximate surface area is 357 Å². The number of hydrogen-bond donors (Lipinski definition) is 2. The van der Waals surface area contributed by atoms with Crippen LogP contribution in [0.5, 0.6) is 0 Å². The van der Waals surface area contributed by atoms with Gasteiger partial charge in [-0.05, 0) is 53.9 Å². The summed E-state index contributed by atoms with van der Waals surface area (Å²) < 4.78 is 11.6. The Bertz CT molecular complexity index is 1610. The first-order valence-corrected chi connectivity index (χ1v) is 22.4. The summed E-state index contributed by atoms with van der Waals surface area (Å²) in [7, 11) is 4.82. The summed E-state index contributed by atoms with van der Waals surface area (Å²) in [6, 6.07) is 17.0. The molecule has 7 atom stereocenters. The molecule has 0 spiro atoms. The third-order valence-corrected chi connectivity index (χ3v) is 12.8. The van der Waals surface area contributed by atoms with Crippen molar-refractivity contribution in [1.29, 1.82) is 0 Å². The van der Waals surface area contributed by atoms with E-state index in [0.717, 1.165) is 37.0 Å². The van der Waals surface area contributed by atoms with E-state index >= 15 is 0 Å². The first-order chi connectivity index (χ1) is 28.1. The molecular weight excluding hydrogens is 767 g/mol. The normalized spacial score (nSPS) is 17.1. The van der Waals surface area contributed by atoms with Crippen LogP contribution >= 0.6 is 11.8 Å². The molecule has 12 nitrogen and oxygen atoms in total. The van der Waals surface area contributed by atoms with Crippen LogP contribution in [0.25, 0.3) is 0 Å². The van der Waals surface area contributed by atoms with Gasteiger partial charge in [0.1, 0.15) is 18.7 Å². The largest absolute Gasteiger partial charge is 0.445 e. The average Bonchev–Trinajstić information content (AvgIpc) is 3.72. The first-order valence-electron chi connectivity index (χ1n) is 21.4. The second kappa shape index (κ2) is 24.9. The van der Waals surface area contributed by atoms with Crippen LogP contribution in [-0.2, 0) is 41.7 Å². The standard InChI is InChI=1S/C46H71N5O7S/c1-11-33(7)43(49(8)45(55)41(31(3)4)48-44(54)42(32(5)6)50(9)46(56)58-30-35-22-17-14-18-23-35)37(57-10)28-40(53)51-27-19-24-36(51)38(59-12-2)29-39(52)47-26-25-34-20-15-13-16-21-34/h13-18,20-23,31-33,36-38,41-43H,11-12,19,24-30H2,1-10H3,(H,47,52)(H,48,54). The van der Waals surface area contributed by atoms with Gasteiger partial charge in [0.25, 0.3) is 0 Å². The maximum Gasteiger partial charge on any atom is 0.410 e. The maximum absolute atomic E-state index is 14.5. The summed E-state index contributed by atoms with van der Waals surface area (Å²) in [5.74, 6) is -0.619. The molecule has 328 valence electrons. The van der Waals surface area contributed by atoms with Crippen LogP contribution in [0.4, 0.5) is 4.79 Å². The van der Waals surface area contributed by atoms with Crippen molar-refractivity contribution in [2.75, 3.05) is 40.0 Å². The maximum atomic E-state index is 14.5. The van der Waals surface area contributed by atoms with E-state index in [1.54, 1.807) is 30.8 Å². The number of ether oxygens (including phenoxy) is 2. The number of nitrogens with zero attached hydrogens (tertiary/aromatic N) is 3. The van der Waals surface area contributed by atoms with E-state index in [1.165, 1.54) is 17.5 Å². The Hall–Kier alpha value is -4.10. The highest BCUT2D eigenvalue weighted by atomic mass is 32.2. The van der Waals surface area contributed by atoms with Crippen LogP contribution in [-0.4, -0.2) is 120 Å². The van der Waals surface area contributed by atoms with Crippen LogP contribution in [0, 0.1) is 17.8 Å². The lowest BCUT2D eigenvalue weighted by Gasteiger charge is -2.41. The van der Waals surface area contributed by atoms with Crippen LogP contribution in [0.15, 0.2) is 60.7 Å². The molecule has 0 saturated carbocycles. The highest BCUT2D eigenvalue weighted by Crippen LogP contribution is 2.32. The Morgan fingerprint density at radius 1 is 0.864 bits per heavy atom. The minimum Gasteiger partial charge on any atom is -0.445 e. The second-order valence-corrected chi connectivity index (χ2v) is 18.0. The zero-order valence-electron chi connectivity index (χ0n) is 37.1. The summed E-state index contributed by atoms with van der Waals surface area (Å²) >= 11 is 1.72. The molecule has 0 aromatic heterocycles. The molecule has 0 bridgehead atoms. The Balaban J connectivity index is 1.72. The van der Waals surface area contributed by atoms with Crippen molar-refractivity contribution in [3.63, 3.8) is 0 Å². The fourth-order valence-corrected chi connectivity index (χ4v) is 9.31. The zero-order chi connectivity index (χ0) is 43.6. The molecule has 59 heavy (non-hydrogen) atoms. The molecule has 0 radical (unpaired) electrons. The number of likely N-dealkylation sites (tertiary alicyclic amines) is 1. The smallest absolute Gasteiger partial charge is 0.410 e. The predicted molar refractivity (Wildman–Crippen MR) is 236 cm³/mol. The summed E-state index contributed by atoms with van der Waals surface area (Å²) in [5, 5.41) is 6.02. The Morgan fingerprint density at radius 3 is 2.05 bits per heavy atom. The number of hydrogen-bond acceptors (Lipinski definition) is 8. The van der Waals surface area contributed by atoms with Gasteiger partial charge in [0, 0.05) is 52.0 Å². The molecule has 2 aromatic carbocycles. The SMILES string of the molecule is CCSC(CC(=O)NCCc1ccccc1)C1CCCN1C(=O)CC(OC)C(C(C)CC)N(C)C(=O)C(NC(=O)C(C(C)C)N(C)C(=O)OCc1ccccc1)C(C)C. The summed E-state index contributed by atoms with van der Waals surface area (Å²) in [6.45, 7) is 14.8. The lowest BCUT2D eigenvalue weighted by molar-refractivity contribution is -0.146. The number of rotatable bonds is 23. The molecule has 1 aliphatic rings. The van der Waals surface area contributed by atoms with E-state index < -0.39 is 36.2 Å². The summed E-state index contributed by atoms with van der Waals surface area (Å²) in [4.78, 5) is 73.8. The molecule has 2 N–H and O–H groups in total. The minimum absolute atomic E-state index is 0.0148. The Kier molecular flexibility index (Phi) is 20.8. The van der Waals surface area contributed by atoms with Gasteiger partial charge >= 0.3 is 6.09 Å². The first kappa shape index (κ1) is 49.3. The fourth-order valence-electron chi connectivity index (χ4n) is 8.11. The molecule has 1 aliphatic heterocycles. The number of carbonyl (C=O) groups excluding carboxylic acids is 5. The van der Waals surface area contributed by atoms with Gasteiger partial charge in [-0.25, -0.2) is 4.79 Å². The van der Waals surface area contributed by atoms with E-state index in [-0.39, 0.29) is 59.8 Å². The lowest BCUT2D eigenvalue weighted by atomic mass is 9.89. The van der Waals surface area contributed by atoms with Gasteiger partial charge in [-0.1, -0.05) is 116 Å². The van der Waals surface area contributed by atoms with E-state index in [1.807, 2.05) is 95.0 Å². The van der Waals surface area contributed by atoms with Crippen molar-refractivity contribution in [3.05, 3.63) is 71.8 Å². The monoisotopic (exact) mass is 838 g/mol. The van der Waals surface area contributed by atoms with E-state index in [0.29, 0.717) is 19.5 Å². The topological polar surface area (TPSA) is 138 Å². The molecule has 7 unspecified atom stereocenters. The molecule has 1 saturated heterocycles. The van der Waals surface area contributed by atoms with Gasteiger partial charge in [0.2, 0.25) is 23.6 Å². The average molecular weight is 838 g/mol. The number of nitrogens with one attached hydrogen (secondary N) is 2. The van der Waals surface area contributed by atoms with Crippen molar-refractivity contribution in [2.24, 2.45) is 17.8 Å². The summed E-state index contributed by atoms with van der Waals surface area (Å²) in [5.41, 5.74) is 2.00. The third-order valence-electron chi connectivity index (χ3n) is 11.5. The highest BCUT2D eigenvalue weighted by Gasteiger charge is 2.42. The van der Waals surface area contributed by atoms with Crippen LogP contribution < -0.4 is 10.6 Å². The van der Waals surface area contributed by atoms with Crippen LogP contribution in [0.3, 0.4) is 0 Å². The van der Waals surface area contributed by atoms with Crippen molar-refractivity contribution in [1.82, 2.24) is 25.3 Å². The number of thioether (sulfide) groups is 1. The highest BCUT2D eigenvalue weighted by molar-refractivity contribution is 7.99. The number of amides is 5. The quantitative estimate of drug-likeness (QED) is 0.129. The number of benzene rings is 2. The predicted octanol–water partition coefficient (Wildman–Crippen LogP) is 6.56. The van der Waals surface area contributed by atoms with Crippen molar-refractivity contribution >= 4 is 41.5 Å². The molecule has 5 amide bonds. The van der Waals surface area contributed by atoms with Gasteiger partial charge < -0.3 is 29.9 Å². The van der Waals surface area contributed by atoms with Gasteiger partial charge in [0.05, 0.1) is 18.6 Å². The molecule has 2 aromatic rings. The number of methoxy groups -OCH3 is 1. The molecular formula is C46H71N5O7S. The van der Waals surface area contributed by atoms with Gasteiger partial charge in [-0.2, -0.15) is 11.8 Å². The van der Waals surface area contributed by atoms with E-state index in [2.05, 4.69) is 29.7 Å². The van der Waals surface area contributed by atoms with Crippen LogP contribution in [0.2, 0.25) is 0 Å². The number of carbonyl (C=O) groups is 5. The zero-order valence-corrected chi connectivity index (χ0v) is 38.0. The lowest BCUT2D eigenvalue weighted by Crippen LogP contribution is -2.60. The molecule has 1 heterocycles. The number of likely N-dealkylation sites (N-methyl/N-ethyl adjacent to an activating group) is 2. The van der Waals surface area contributed by atoms with Gasteiger partial charge in [0.15, 0.2) is 0 Å². The van der Waals surface area contributed by atoms with Gasteiger partial charge in [-0.15, -0.1) is 0 Å². The molecule has 3 rings (SSSR count). The molecule has 1 fully saturated rings. The van der Waals surface area contributed by atoms with Crippen molar-refractivity contribution in [3.8, 4) is 0 Å². The molecule has 13 heteroatoms. The Morgan fingerprint density at radius 2 is 1.49 bits per heavy atom. The van der Waals surface area contributed by atoms with Crippen LogP contribution in [0.1, 0.15) is 91.7 Å². The fraction of sp³-hybridized carbons (Fsp3) is 0.630. The van der Waals surface area contributed by atoms with Gasteiger partial charge in [-0.3, -0.25) is 24.1 Å².